The van der Waals surface area contributed by atoms with Crippen LogP contribution in [0.15, 0.2) is 23.6 Å². The summed E-state index contributed by atoms with van der Waals surface area (Å²) in [6, 6.07) is 6.65. The molecule has 2 aromatic rings. The Bertz CT molecular complexity index is 385. The lowest BCUT2D eigenvalue weighted by Crippen LogP contribution is -1.75. The second-order valence-electron chi connectivity index (χ2n) is 2.92. The Hall–Kier alpha value is -0.820. The number of thiophene rings is 1. The van der Waals surface area contributed by atoms with Gasteiger partial charge in [0.15, 0.2) is 0 Å². The highest BCUT2D eigenvalue weighted by molar-refractivity contribution is 7.17. The fourth-order valence-electron chi connectivity index (χ4n) is 1.45. The van der Waals surface area contributed by atoms with Crippen LogP contribution in [-0.4, -0.2) is 0 Å². The molecule has 2 rings (SSSR count). The van der Waals surface area contributed by atoms with E-state index in [1.807, 2.05) is 25.2 Å². The van der Waals surface area contributed by atoms with Crippen molar-refractivity contribution in [2.24, 2.45) is 0 Å². The van der Waals surface area contributed by atoms with E-state index >= 15 is 0 Å². The largest absolute Gasteiger partial charge is 0.144 e. The number of aryl methyl sites for hydroxylation is 2. The van der Waals surface area contributed by atoms with E-state index in [0.29, 0.717) is 0 Å². The third-order valence-corrected chi connectivity index (χ3v) is 2.95. The molecule has 0 unspecified atom stereocenters. The fourth-order valence-corrected chi connectivity index (χ4v) is 2.31. The minimum absolute atomic E-state index is 1.36. The molecule has 0 aliphatic heterocycles. The fraction of sp³-hybridized carbons (Fsp3) is 0.333. The molecule has 0 aliphatic carbocycles. The van der Waals surface area contributed by atoms with Crippen LogP contribution in [0.5, 0.6) is 0 Å². The topological polar surface area (TPSA) is 0 Å². The highest BCUT2D eigenvalue weighted by Crippen LogP contribution is 2.25. The Morgan fingerprint density at radius 3 is 2.46 bits per heavy atom. The van der Waals surface area contributed by atoms with Gasteiger partial charge in [0.05, 0.1) is 0 Å². The van der Waals surface area contributed by atoms with Crippen LogP contribution in [0.1, 0.15) is 25.0 Å². The molecule has 0 amide bonds. The summed E-state index contributed by atoms with van der Waals surface area (Å²) in [7, 11) is 0. The minimum Gasteiger partial charge on any atom is -0.144 e. The summed E-state index contributed by atoms with van der Waals surface area (Å²) in [6.07, 6.45) is 0. The molecule has 0 N–H and O–H groups in total. The lowest BCUT2D eigenvalue weighted by Gasteiger charge is -1.97. The van der Waals surface area contributed by atoms with E-state index in [1.165, 1.54) is 21.2 Å². The number of rotatable bonds is 0. The molecule has 0 saturated carbocycles. The summed E-state index contributed by atoms with van der Waals surface area (Å²) in [6.45, 7) is 8.32. The molecule has 1 heterocycles. The van der Waals surface area contributed by atoms with Crippen molar-refractivity contribution in [3.05, 3.63) is 34.7 Å². The van der Waals surface area contributed by atoms with E-state index in [1.54, 1.807) is 0 Å². The molecule has 0 aliphatic rings. The third-order valence-electron chi connectivity index (χ3n) is 1.88. The van der Waals surface area contributed by atoms with Crippen LogP contribution in [0.25, 0.3) is 10.1 Å². The Kier molecular flexibility index (Phi) is 3.49. The van der Waals surface area contributed by atoms with Crippen LogP contribution < -0.4 is 0 Å². The summed E-state index contributed by atoms with van der Waals surface area (Å²) in [5, 5.41) is 3.53. The van der Waals surface area contributed by atoms with Gasteiger partial charge in [-0.05, 0) is 36.2 Å². The maximum absolute atomic E-state index is 2.23. The van der Waals surface area contributed by atoms with Gasteiger partial charge in [0.1, 0.15) is 0 Å². The van der Waals surface area contributed by atoms with Crippen LogP contribution in [-0.2, 0) is 0 Å². The summed E-state index contributed by atoms with van der Waals surface area (Å²) in [5.41, 5.74) is 2.75. The first kappa shape index (κ1) is 10.3. The second-order valence-corrected chi connectivity index (χ2v) is 3.84. The molecule has 0 nitrogen and oxygen atoms in total. The highest BCUT2D eigenvalue weighted by Gasteiger charge is 1.98. The molecule has 0 atom stereocenters. The van der Waals surface area contributed by atoms with Crippen LogP contribution in [0.3, 0.4) is 0 Å². The average Bonchev–Trinajstić information content (AvgIpc) is 2.55. The number of hydrogen-bond donors (Lipinski definition) is 0. The van der Waals surface area contributed by atoms with Crippen LogP contribution in [0, 0.1) is 13.8 Å². The van der Waals surface area contributed by atoms with Gasteiger partial charge in [-0.2, -0.15) is 0 Å². The first-order valence-electron chi connectivity index (χ1n) is 4.72. The number of hydrogen-bond acceptors (Lipinski definition) is 1. The monoisotopic (exact) mass is 192 g/mol. The van der Waals surface area contributed by atoms with Gasteiger partial charge < -0.3 is 0 Å². The summed E-state index contributed by atoms with van der Waals surface area (Å²) in [5.74, 6) is 0. The zero-order valence-electron chi connectivity index (χ0n) is 8.72. The summed E-state index contributed by atoms with van der Waals surface area (Å²) < 4.78 is 1.43. The third kappa shape index (κ3) is 2.10. The molecule has 1 heteroatoms. The maximum atomic E-state index is 2.23. The lowest BCUT2D eigenvalue weighted by molar-refractivity contribution is 1.44. The van der Waals surface area contributed by atoms with Crippen molar-refractivity contribution in [2.45, 2.75) is 27.7 Å². The Balaban J connectivity index is 0.000000396. The summed E-state index contributed by atoms with van der Waals surface area (Å²) >= 11 is 1.82. The van der Waals surface area contributed by atoms with Gasteiger partial charge in [0, 0.05) is 4.70 Å². The Labute approximate surface area is 84.2 Å². The van der Waals surface area contributed by atoms with E-state index in [0.717, 1.165) is 0 Å². The van der Waals surface area contributed by atoms with Gasteiger partial charge in [0.2, 0.25) is 0 Å². The normalized spacial score (nSPS) is 9.54. The Morgan fingerprint density at radius 2 is 1.77 bits per heavy atom. The molecular formula is C12H16S. The quantitative estimate of drug-likeness (QED) is 0.574. The molecule has 0 bridgehead atoms. The molecular weight excluding hydrogens is 176 g/mol. The van der Waals surface area contributed by atoms with Gasteiger partial charge in [0.25, 0.3) is 0 Å². The molecule has 70 valence electrons. The predicted molar refractivity (Wildman–Crippen MR) is 62.6 cm³/mol. The van der Waals surface area contributed by atoms with Crippen molar-refractivity contribution in [1.82, 2.24) is 0 Å². The van der Waals surface area contributed by atoms with Crippen LogP contribution >= 0.6 is 11.3 Å². The van der Waals surface area contributed by atoms with Crippen molar-refractivity contribution >= 4 is 21.4 Å². The van der Waals surface area contributed by atoms with Crippen molar-refractivity contribution in [3.63, 3.8) is 0 Å². The second kappa shape index (κ2) is 4.43. The lowest BCUT2D eigenvalue weighted by atomic mass is 10.1. The highest BCUT2D eigenvalue weighted by atomic mass is 32.1. The smallest absolute Gasteiger partial charge is 0.0372 e. The van der Waals surface area contributed by atoms with E-state index in [4.69, 9.17) is 0 Å². The van der Waals surface area contributed by atoms with Crippen molar-refractivity contribution < 1.29 is 0 Å². The molecule has 0 spiro atoms. The first-order valence-corrected chi connectivity index (χ1v) is 5.60. The van der Waals surface area contributed by atoms with Crippen molar-refractivity contribution in [2.75, 3.05) is 0 Å². The van der Waals surface area contributed by atoms with Gasteiger partial charge in [-0.3, -0.25) is 0 Å². The zero-order valence-corrected chi connectivity index (χ0v) is 9.53. The Morgan fingerprint density at radius 1 is 1.08 bits per heavy atom. The van der Waals surface area contributed by atoms with E-state index in [2.05, 4.69) is 37.4 Å². The van der Waals surface area contributed by atoms with Gasteiger partial charge in [-0.15, -0.1) is 11.3 Å². The maximum Gasteiger partial charge on any atom is 0.0372 e. The first-order chi connectivity index (χ1) is 6.27. The summed E-state index contributed by atoms with van der Waals surface area (Å²) in [4.78, 5) is 0. The molecule has 0 radical (unpaired) electrons. The minimum atomic E-state index is 1.36. The molecule has 13 heavy (non-hydrogen) atoms. The molecule has 0 fully saturated rings. The van der Waals surface area contributed by atoms with Crippen LogP contribution in [0.2, 0.25) is 0 Å². The predicted octanol–water partition coefficient (Wildman–Crippen LogP) is 4.54. The average molecular weight is 192 g/mol. The number of benzene rings is 1. The van der Waals surface area contributed by atoms with Gasteiger partial charge in [-0.25, -0.2) is 0 Å². The standard InChI is InChI=1S/C10H10S.C2H6/c1-7-5-8(2)10-9(6-7)3-4-11-10;1-2/h3-6H,1-2H3;1-2H3. The number of fused-ring (bicyclic) bond motifs is 1. The zero-order chi connectivity index (χ0) is 9.84. The van der Waals surface area contributed by atoms with Crippen molar-refractivity contribution in [3.8, 4) is 0 Å². The van der Waals surface area contributed by atoms with Gasteiger partial charge in [-0.1, -0.05) is 31.5 Å². The SMILES string of the molecule is CC.Cc1cc(C)c2sccc2c1. The molecule has 1 aromatic heterocycles. The van der Waals surface area contributed by atoms with E-state index in [9.17, 15) is 0 Å². The molecule has 0 saturated heterocycles. The molecule has 1 aromatic carbocycles. The van der Waals surface area contributed by atoms with E-state index in [-0.39, 0.29) is 0 Å². The van der Waals surface area contributed by atoms with Crippen LogP contribution in [0.4, 0.5) is 0 Å². The van der Waals surface area contributed by atoms with Crippen molar-refractivity contribution in [1.29, 1.82) is 0 Å². The van der Waals surface area contributed by atoms with E-state index < -0.39 is 0 Å². The van der Waals surface area contributed by atoms with Gasteiger partial charge >= 0.3 is 0 Å².